The van der Waals surface area contributed by atoms with Crippen LogP contribution in [0.4, 0.5) is 4.79 Å². The maximum absolute atomic E-state index is 15.1. The zero-order valence-electron chi connectivity index (χ0n) is 35.5. The fourth-order valence-corrected chi connectivity index (χ4v) is 15.7. The number of nitrogens with one attached hydrogen (secondary N) is 3. The van der Waals surface area contributed by atoms with Crippen LogP contribution in [0.3, 0.4) is 0 Å². The van der Waals surface area contributed by atoms with Gasteiger partial charge in [0.15, 0.2) is 0 Å². The quantitative estimate of drug-likeness (QED) is 0.0251. The third-order valence-corrected chi connectivity index (χ3v) is 19.7. The zero-order valence-corrected chi connectivity index (χ0v) is 38.9. The van der Waals surface area contributed by atoms with Crippen molar-refractivity contribution in [3.8, 4) is 5.88 Å². The molecule has 0 saturated carbocycles. The number of urea groups is 1. The number of aromatic nitrogens is 1. The molecule has 22 heteroatoms. The number of imide groups is 1. The second-order valence-electron chi connectivity index (χ2n) is 16.2. The van der Waals surface area contributed by atoms with E-state index >= 15 is 4.79 Å². The number of amides is 6. The molecule has 1 aromatic heterocycles. The van der Waals surface area contributed by atoms with E-state index in [0.717, 1.165) is 55.2 Å². The number of β-lactam (4-membered cyclic amide) rings is 1. The van der Waals surface area contributed by atoms with E-state index < -0.39 is 89.2 Å². The first-order valence-corrected chi connectivity index (χ1v) is 25.0. The van der Waals surface area contributed by atoms with Gasteiger partial charge in [-0.25, -0.2) is 14.4 Å². The molecular weight excluding hydrogens is 915 g/mol. The van der Waals surface area contributed by atoms with Gasteiger partial charge < -0.3 is 35.4 Å². The second kappa shape index (κ2) is 18.8. The van der Waals surface area contributed by atoms with E-state index in [4.69, 9.17) is 4.53 Å². The predicted molar refractivity (Wildman–Crippen MR) is 244 cm³/mol. The third-order valence-electron chi connectivity index (χ3n) is 11.3. The molecule has 3 aliphatic heterocycles. The number of aromatic hydroxyl groups is 1. The van der Waals surface area contributed by atoms with Gasteiger partial charge in [0, 0.05) is 31.1 Å². The highest BCUT2D eigenvalue weighted by atomic mass is 32.2. The van der Waals surface area contributed by atoms with Crippen LogP contribution in [-0.2, 0) is 28.5 Å². The van der Waals surface area contributed by atoms with Crippen LogP contribution in [0.2, 0.25) is 5.04 Å². The van der Waals surface area contributed by atoms with Crippen LogP contribution < -0.4 is 26.5 Å². The minimum absolute atomic E-state index is 0.00644. The molecule has 2 fully saturated rings. The highest BCUT2D eigenvalue weighted by molar-refractivity contribution is 8.02. The van der Waals surface area contributed by atoms with E-state index in [1.807, 2.05) is 81.4 Å². The number of hydroxylamine groups is 1. The van der Waals surface area contributed by atoms with E-state index in [1.165, 1.54) is 4.90 Å². The summed E-state index contributed by atoms with van der Waals surface area (Å²) in [6.07, 6.45) is 0. The highest BCUT2D eigenvalue weighted by Crippen LogP contribution is 2.48. The number of piperazine rings is 1. The topological polar surface area (TPSA) is 248 Å². The Morgan fingerprint density at radius 2 is 1.51 bits per heavy atom. The van der Waals surface area contributed by atoms with E-state index in [2.05, 4.69) is 20.5 Å². The Bertz CT molecular complexity index is 2520. The molecule has 3 aliphatic rings. The Hall–Kier alpha value is -6.04. The van der Waals surface area contributed by atoms with Crippen molar-refractivity contribution >= 4 is 95.3 Å². The zero-order chi connectivity index (χ0) is 46.8. The molecule has 2 saturated heterocycles. The van der Waals surface area contributed by atoms with Gasteiger partial charge in [-0.2, -0.15) is 9.85 Å². The number of rotatable bonds is 15. The number of nitrogens with zero attached hydrogens (tertiary/aromatic N) is 4. The van der Waals surface area contributed by atoms with Gasteiger partial charge >= 0.3 is 29.8 Å². The average molecular weight is 960 g/mol. The molecule has 0 radical (unpaired) electrons. The minimum atomic E-state index is -3.55. The summed E-state index contributed by atoms with van der Waals surface area (Å²) in [5.74, 6) is -7.45. The fraction of sp³-hybridized carbons (Fsp3) is 0.302. The molecule has 18 nitrogen and oxygen atoms in total. The van der Waals surface area contributed by atoms with E-state index in [-0.39, 0.29) is 46.5 Å². The molecule has 6 amide bonds. The SMILES string of the molecule is CCN1CCN(C(=O)NC(C(=O)N[C@]2(NO[Si](c3ccccc3)(c3ccccc3)C(C)(C)C)C(=O)N3C(C(=O)O)=C(CSc4snc(O)c4C(=O)O)CS[C@H]32)c2ccccc2)C(=O)C1=O. The van der Waals surface area contributed by atoms with Crippen molar-refractivity contribution in [2.75, 3.05) is 31.1 Å². The maximum atomic E-state index is 15.1. The largest absolute Gasteiger partial charge is 0.492 e. The molecule has 340 valence electrons. The maximum Gasteiger partial charge on any atom is 0.352 e. The Balaban J connectivity index is 1.29. The Morgan fingerprint density at radius 3 is 2.06 bits per heavy atom. The number of carboxylic acids is 2. The van der Waals surface area contributed by atoms with Crippen molar-refractivity contribution in [3.63, 3.8) is 0 Å². The Kier molecular flexibility index (Phi) is 13.6. The lowest BCUT2D eigenvalue weighted by atomic mass is 9.94. The van der Waals surface area contributed by atoms with Crippen LogP contribution in [0.15, 0.2) is 106 Å². The smallest absolute Gasteiger partial charge is 0.352 e. The Labute approximate surface area is 386 Å². The average Bonchev–Trinajstić information content (AvgIpc) is 3.67. The van der Waals surface area contributed by atoms with Gasteiger partial charge in [0.2, 0.25) is 17.5 Å². The van der Waals surface area contributed by atoms with Crippen molar-refractivity contribution in [1.82, 2.24) is 35.2 Å². The second-order valence-corrected chi connectivity index (χ2v) is 23.5. The first kappa shape index (κ1) is 46.9. The Morgan fingerprint density at radius 1 is 0.908 bits per heavy atom. The van der Waals surface area contributed by atoms with Crippen LogP contribution in [0, 0.1) is 0 Å². The number of aromatic carboxylic acids is 1. The van der Waals surface area contributed by atoms with Gasteiger partial charge in [-0.3, -0.25) is 29.0 Å². The molecule has 1 unspecified atom stereocenters. The molecule has 3 atom stereocenters. The fourth-order valence-electron chi connectivity index (χ4n) is 8.06. The van der Waals surface area contributed by atoms with Crippen molar-refractivity contribution < 1.29 is 53.4 Å². The lowest BCUT2D eigenvalue weighted by Crippen LogP contribution is -2.87. The summed E-state index contributed by atoms with van der Waals surface area (Å²) in [5, 5.41) is 35.6. The van der Waals surface area contributed by atoms with Crippen molar-refractivity contribution in [1.29, 1.82) is 0 Å². The number of benzene rings is 3. The van der Waals surface area contributed by atoms with Crippen molar-refractivity contribution in [2.24, 2.45) is 0 Å². The van der Waals surface area contributed by atoms with Crippen LogP contribution in [-0.4, -0.2) is 126 Å². The number of aliphatic carboxylic acids is 1. The third kappa shape index (κ3) is 8.64. The molecule has 3 aromatic carbocycles. The summed E-state index contributed by atoms with van der Waals surface area (Å²) in [6.45, 7) is 7.90. The van der Waals surface area contributed by atoms with Gasteiger partial charge in [-0.05, 0) is 45.0 Å². The normalized spacial score (nSPS) is 19.4. The summed E-state index contributed by atoms with van der Waals surface area (Å²) >= 11 is 2.78. The highest BCUT2D eigenvalue weighted by Gasteiger charge is 2.68. The number of likely N-dealkylation sites (N-methyl/N-ethyl adjacent to an activating group) is 1. The van der Waals surface area contributed by atoms with Gasteiger partial charge in [0.25, 0.3) is 14.2 Å². The number of fused-ring (bicyclic) bond motifs is 1. The number of thioether (sulfide) groups is 2. The monoisotopic (exact) mass is 959 g/mol. The summed E-state index contributed by atoms with van der Waals surface area (Å²) in [7, 11) is -3.55. The molecule has 4 heterocycles. The number of hydrogen-bond donors (Lipinski definition) is 6. The van der Waals surface area contributed by atoms with E-state index in [1.54, 1.807) is 37.3 Å². The molecule has 0 aliphatic carbocycles. The molecule has 7 rings (SSSR count). The van der Waals surface area contributed by atoms with Crippen molar-refractivity contribution in [2.45, 2.75) is 54.0 Å². The predicted octanol–water partition coefficient (Wildman–Crippen LogP) is 2.93. The first-order chi connectivity index (χ1) is 31.0. The van der Waals surface area contributed by atoms with Crippen LogP contribution >= 0.6 is 35.1 Å². The first-order valence-electron chi connectivity index (χ1n) is 20.3. The van der Waals surface area contributed by atoms with E-state index in [0.29, 0.717) is 0 Å². The molecule has 0 spiro atoms. The molecular formula is C43H45N7O11S3Si. The standard InChI is InChI=1S/C43H45N7O11S3Si/c1-5-48-21-22-49(35(54)34(48)53)41(60)44-30(25-15-9-6-10-16-25)33(52)45-43(47-61-65(42(2,3)4,27-17-11-7-12-18-27)28-19-13-8-14-20-28)39(59)50-31(37(57)58)26(24-63-40(43)50)23-62-38-29(36(55)56)32(51)46-64-38/h6-20,30,40,47H,5,21-24H2,1-4H3,(H,44,60)(H,45,52)(H,46,51)(H,55,56)(H,57,58)/t30?,40-,43-/m0/s1. The van der Waals surface area contributed by atoms with Gasteiger partial charge in [0.05, 0.1) is 4.21 Å². The summed E-state index contributed by atoms with van der Waals surface area (Å²) in [6, 6.07) is 24.3. The van der Waals surface area contributed by atoms with Gasteiger partial charge in [0.1, 0.15) is 22.7 Å². The molecule has 4 aromatic rings. The summed E-state index contributed by atoms with van der Waals surface area (Å²) in [5.41, 5.74) is 0.533. The lowest BCUT2D eigenvalue weighted by Gasteiger charge is -2.58. The van der Waals surface area contributed by atoms with Gasteiger partial charge in [-0.15, -0.1) is 23.5 Å². The minimum Gasteiger partial charge on any atom is -0.492 e. The number of carboxylic acid groups (broad SMARTS) is 2. The molecule has 0 bridgehead atoms. The number of hydrogen-bond acceptors (Lipinski definition) is 14. The molecule has 6 N–H and O–H groups in total. The van der Waals surface area contributed by atoms with Crippen LogP contribution in [0.25, 0.3) is 0 Å². The lowest BCUT2D eigenvalue weighted by molar-refractivity contribution is -0.170. The molecule has 65 heavy (non-hydrogen) atoms. The summed E-state index contributed by atoms with van der Waals surface area (Å²) < 4.78 is 10.9. The van der Waals surface area contributed by atoms with E-state index in [9.17, 15) is 44.1 Å². The van der Waals surface area contributed by atoms with Crippen molar-refractivity contribution in [3.05, 3.63) is 113 Å². The van der Waals surface area contributed by atoms with Crippen LogP contribution in [0.5, 0.6) is 5.88 Å². The number of carbonyl (C=O) groups is 7. The number of carbonyl (C=O) groups excluding carboxylic acids is 5. The van der Waals surface area contributed by atoms with Gasteiger partial charge in [-0.1, -0.05) is 112 Å². The summed E-state index contributed by atoms with van der Waals surface area (Å²) in [4.78, 5) is 97.8. The van der Waals surface area contributed by atoms with Crippen LogP contribution in [0.1, 0.15) is 49.7 Å².